The predicted molar refractivity (Wildman–Crippen MR) is 64.1 cm³/mol. The van der Waals surface area contributed by atoms with Crippen molar-refractivity contribution in [3.05, 3.63) is 0 Å². The summed E-state index contributed by atoms with van der Waals surface area (Å²) in [5.74, 6) is -0.318. The minimum Gasteiger partial charge on any atom is -0.345 e. The minimum absolute atomic E-state index is 0.224. The van der Waals surface area contributed by atoms with E-state index in [2.05, 4.69) is 0 Å². The van der Waals surface area contributed by atoms with Crippen LogP contribution in [0.15, 0.2) is 0 Å². The van der Waals surface area contributed by atoms with Crippen molar-refractivity contribution >= 4 is 5.91 Å². The molecule has 0 bridgehead atoms. The van der Waals surface area contributed by atoms with Gasteiger partial charge in [0.05, 0.1) is 13.1 Å². The van der Waals surface area contributed by atoms with E-state index in [0.29, 0.717) is 19.5 Å². The van der Waals surface area contributed by atoms with E-state index in [-0.39, 0.29) is 18.5 Å². The first kappa shape index (κ1) is 17.2. The van der Waals surface area contributed by atoms with Crippen molar-refractivity contribution in [2.75, 3.05) is 33.2 Å². The molecule has 0 aliphatic rings. The highest BCUT2D eigenvalue weighted by atomic mass is 19.4. The van der Waals surface area contributed by atoms with Crippen LogP contribution in [0, 0.1) is 0 Å². The molecule has 0 atom stereocenters. The van der Waals surface area contributed by atoms with E-state index in [1.54, 1.807) is 20.9 Å². The Morgan fingerprint density at radius 1 is 1.33 bits per heavy atom. The van der Waals surface area contributed by atoms with E-state index in [4.69, 9.17) is 5.73 Å². The van der Waals surface area contributed by atoms with Crippen LogP contribution < -0.4 is 5.73 Å². The number of halogens is 3. The SMILES string of the molecule is CC(C)N(CC(=O)N(C)CCCN)CC(F)(F)F. The van der Waals surface area contributed by atoms with Gasteiger partial charge in [0.15, 0.2) is 0 Å². The molecular weight excluding hydrogens is 247 g/mol. The van der Waals surface area contributed by atoms with Crippen LogP contribution >= 0.6 is 0 Å². The molecule has 4 nitrogen and oxygen atoms in total. The van der Waals surface area contributed by atoms with E-state index in [0.717, 1.165) is 4.90 Å². The van der Waals surface area contributed by atoms with Gasteiger partial charge in [0.2, 0.25) is 5.91 Å². The Morgan fingerprint density at radius 3 is 2.28 bits per heavy atom. The smallest absolute Gasteiger partial charge is 0.345 e. The highest BCUT2D eigenvalue weighted by molar-refractivity contribution is 5.78. The van der Waals surface area contributed by atoms with E-state index < -0.39 is 12.7 Å². The minimum atomic E-state index is -4.29. The highest BCUT2D eigenvalue weighted by Gasteiger charge is 2.32. The van der Waals surface area contributed by atoms with Crippen molar-refractivity contribution < 1.29 is 18.0 Å². The van der Waals surface area contributed by atoms with Gasteiger partial charge in [-0.3, -0.25) is 9.69 Å². The summed E-state index contributed by atoms with van der Waals surface area (Å²) in [5.41, 5.74) is 5.31. The summed E-state index contributed by atoms with van der Waals surface area (Å²) >= 11 is 0. The largest absolute Gasteiger partial charge is 0.401 e. The number of hydrogen-bond acceptors (Lipinski definition) is 3. The Hall–Kier alpha value is -0.820. The van der Waals surface area contributed by atoms with Gasteiger partial charge < -0.3 is 10.6 Å². The number of rotatable bonds is 7. The second kappa shape index (κ2) is 7.58. The first-order chi connectivity index (χ1) is 8.17. The topological polar surface area (TPSA) is 49.6 Å². The summed E-state index contributed by atoms with van der Waals surface area (Å²) in [6.45, 7) is 2.90. The lowest BCUT2D eigenvalue weighted by Crippen LogP contribution is -2.45. The number of nitrogens with zero attached hydrogens (tertiary/aromatic N) is 2. The number of nitrogens with two attached hydrogens (primary N) is 1. The fourth-order valence-corrected chi connectivity index (χ4v) is 1.40. The molecule has 0 unspecified atom stereocenters. The molecule has 0 aliphatic heterocycles. The van der Waals surface area contributed by atoms with Crippen LogP contribution in [0.25, 0.3) is 0 Å². The van der Waals surface area contributed by atoms with Gasteiger partial charge in [0, 0.05) is 19.6 Å². The normalized spacial score (nSPS) is 12.3. The number of likely N-dealkylation sites (N-methyl/N-ethyl adjacent to an activating group) is 1. The standard InChI is InChI=1S/C11H22F3N3O/c1-9(2)17(8-11(12,13)14)7-10(18)16(3)6-4-5-15/h9H,4-8,15H2,1-3H3. The Labute approximate surface area is 106 Å². The average molecular weight is 269 g/mol. The lowest BCUT2D eigenvalue weighted by molar-refractivity contribution is -0.154. The first-order valence-electron chi connectivity index (χ1n) is 5.92. The molecule has 2 N–H and O–H groups in total. The summed E-state index contributed by atoms with van der Waals surface area (Å²) in [7, 11) is 1.57. The predicted octanol–water partition coefficient (Wildman–Crippen LogP) is 1.07. The van der Waals surface area contributed by atoms with Crippen LogP contribution in [0.3, 0.4) is 0 Å². The van der Waals surface area contributed by atoms with Crippen molar-refractivity contribution in [2.45, 2.75) is 32.5 Å². The lowest BCUT2D eigenvalue weighted by atomic mass is 10.3. The van der Waals surface area contributed by atoms with Gasteiger partial charge in [-0.2, -0.15) is 13.2 Å². The summed E-state index contributed by atoms with van der Waals surface area (Å²) in [5, 5.41) is 0. The summed E-state index contributed by atoms with van der Waals surface area (Å²) < 4.78 is 37.0. The highest BCUT2D eigenvalue weighted by Crippen LogP contribution is 2.17. The Balaban J connectivity index is 4.36. The van der Waals surface area contributed by atoms with E-state index >= 15 is 0 Å². The van der Waals surface area contributed by atoms with Gasteiger partial charge in [-0.25, -0.2) is 0 Å². The number of carbonyl (C=O) groups is 1. The molecule has 0 heterocycles. The maximum atomic E-state index is 12.3. The van der Waals surface area contributed by atoms with Crippen LogP contribution in [-0.2, 0) is 4.79 Å². The summed E-state index contributed by atoms with van der Waals surface area (Å²) in [4.78, 5) is 14.3. The molecule has 0 aromatic rings. The lowest BCUT2D eigenvalue weighted by Gasteiger charge is -2.28. The van der Waals surface area contributed by atoms with Crippen molar-refractivity contribution in [2.24, 2.45) is 5.73 Å². The van der Waals surface area contributed by atoms with Gasteiger partial charge in [-0.15, -0.1) is 0 Å². The molecule has 0 spiro atoms. The van der Waals surface area contributed by atoms with Gasteiger partial charge in [-0.05, 0) is 26.8 Å². The molecule has 0 radical (unpaired) electrons. The summed E-state index contributed by atoms with van der Waals surface area (Å²) in [6.07, 6.45) is -3.65. The van der Waals surface area contributed by atoms with Crippen molar-refractivity contribution in [1.29, 1.82) is 0 Å². The second-order valence-electron chi connectivity index (χ2n) is 4.57. The Kier molecular flexibility index (Phi) is 7.23. The van der Waals surface area contributed by atoms with Crippen LogP contribution in [0.5, 0.6) is 0 Å². The van der Waals surface area contributed by atoms with E-state index in [9.17, 15) is 18.0 Å². The molecular formula is C11H22F3N3O. The van der Waals surface area contributed by atoms with Crippen LogP contribution in [0.1, 0.15) is 20.3 Å². The molecule has 0 saturated carbocycles. The molecule has 0 fully saturated rings. The van der Waals surface area contributed by atoms with E-state index in [1.807, 2.05) is 0 Å². The zero-order chi connectivity index (χ0) is 14.3. The van der Waals surface area contributed by atoms with Gasteiger partial charge in [0.25, 0.3) is 0 Å². The van der Waals surface area contributed by atoms with Gasteiger partial charge >= 0.3 is 6.18 Å². The van der Waals surface area contributed by atoms with Crippen molar-refractivity contribution in [3.63, 3.8) is 0 Å². The average Bonchev–Trinajstić information content (AvgIpc) is 2.22. The monoisotopic (exact) mass is 269 g/mol. The Bertz CT molecular complexity index is 256. The third-order valence-electron chi connectivity index (χ3n) is 2.57. The van der Waals surface area contributed by atoms with Gasteiger partial charge in [-0.1, -0.05) is 0 Å². The maximum absolute atomic E-state index is 12.3. The second-order valence-corrected chi connectivity index (χ2v) is 4.57. The molecule has 18 heavy (non-hydrogen) atoms. The van der Waals surface area contributed by atoms with Crippen molar-refractivity contribution in [1.82, 2.24) is 9.80 Å². The number of alkyl halides is 3. The maximum Gasteiger partial charge on any atom is 0.401 e. The number of amides is 1. The molecule has 0 aromatic heterocycles. The number of carbonyl (C=O) groups excluding carboxylic acids is 1. The fourth-order valence-electron chi connectivity index (χ4n) is 1.40. The van der Waals surface area contributed by atoms with Crippen LogP contribution in [-0.4, -0.2) is 61.2 Å². The first-order valence-corrected chi connectivity index (χ1v) is 5.92. The molecule has 0 rings (SSSR count). The molecule has 7 heteroatoms. The van der Waals surface area contributed by atoms with Gasteiger partial charge in [0.1, 0.15) is 0 Å². The third-order valence-corrected chi connectivity index (χ3v) is 2.57. The molecule has 0 aromatic carbocycles. The molecule has 108 valence electrons. The van der Waals surface area contributed by atoms with Crippen LogP contribution in [0.2, 0.25) is 0 Å². The molecule has 1 amide bonds. The van der Waals surface area contributed by atoms with Crippen molar-refractivity contribution in [3.8, 4) is 0 Å². The fraction of sp³-hybridized carbons (Fsp3) is 0.909. The number of hydrogen-bond donors (Lipinski definition) is 1. The van der Waals surface area contributed by atoms with Crippen LogP contribution in [0.4, 0.5) is 13.2 Å². The quantitative estimate of drug-likeness (QED) is 0.752. The molecule has 0 aliphatic carbocycles. The zero-order valence-corrected chi connectivity index (χ0v) is 11.1. The van der Waals surface area contributed by atoms with E-state index in [1.165, 1.54) is 4.90 Å². The summed E-state index contributed by atoms with van der Waals surface area (Å²) in [6, 6.07) is -0.335. The Morgan fingerprint density at radius 2 is 1.89 bits per heavy atom. The third kappa shape index (κ3) is 7.50. The molecule has 0 saturated heterocycles. The zero-order valence-electron chi connectivity index (χ0n) is 11.1.